The number of carbonyl (C=O) groups is 1. The van der Waals surface area contributed by atoms with E-state index in [0.29, 0.717) is 12.2 Å². The highest BCUT2D eigenvalue weighted by atomic mass is 19.1. The summed E-state index contributed by atoms with van der Waals surface area (Å²) in [6.45, 7) is 4.06. The summed E-state index contributed by atoms with van der Waals surface area (Å²) in [6.07, 6.45) is 1.36. The van der Waals surface area contributed by atoms with Crippen LogP contribution in [0.2, 0.25) is 0 Å². The van der Waals surface area contributed by atoms with Gasteiger partial charge < -0.3 is 14.7 Å². The summed E-state index contributed by atoms with van der Waals surface area (Å²) in [5.74, 6) is 0.00708. The van der Waals surface area contributed by atoms with Gasteiger partial charge in [0.1, 0.15) is 17.3 Å². The molecule has 25 heavy (non-hydrogen) atoms. The van der Waals surface area contributed by atoms with Crippen molar-refractivity contribution in [2.45, 2.75) is 38.5 Å². The van der Waals surface area contributed by atoms with E-state index in [2.05, 4.69) is 4.98 Å². The van der Waals surface area contributed by atoms with Gasteiger partial charge in [-0.05, 0) is 50.1 Å². The van der Waals surface area contributed by atoms with Gasteiger partial charge >= 0.3 is 0 Å². The lowest BCUT2D eigenvalue weighted by molar-refractivity contribution is 0.0709. The number of pyridine rings is 1. The van der Waals surface area contributed by atoms with E-state index < -0.39 is 6.10 Å². The van der Waals surface area contributed by atoms with Gasteiger partial charge in [-0.2, -0.15) is 0 Å². The fourth-order valence-electron chi connectivity index (χ4n) is 3.04. The average molecular weight is 344 g/mol. The van der Waals surface area contributed by atoms with E-state index in [-0.39, 0.29) is 36.1 Å². The molecule has 2 heterocycles. The largest absolute Gasteiger partial charge is 0.489 e. The second-order valence-corrected chi connectivity index (χ2v) is 6.46. The monoisotopic (exact) mass is 344 g/mol. The van der Waals surface area contributed by atoms with Crippen molar-refractivity contribution in [3.05, 3.63) is 59.7 Å². The van der Waals surface area contributed by atoms with Crippen molar-refractivity contribution in [2.24, 2.45) is 0 Å². The smallest absolute Gasteiger partial charge is 0.273 e. The fraction of sp³-hybridized carbons (Fsp3) is 0.368. The SMILES string of the molecule is CC(C)Oc1ccc(C(=O)N2C[C@@H](O)C[C@@H]2c2ccc(F)cc2)nc1. The number of hydrogen-bond donors (Lipinski definition) is 1. The number of aliphatic hydroxyl groups is 1. The number of likely N-dealkylation sites (tertiary alicyclic amines) is 1. The number of carbonyl (C=O) groups excluding carboxylic acids is 1. The third-order valence-electron chi connectivity index (χ3n) is 4.12. The number of aliphatic hydroxyl groups excluding tert-OH is 1. The molecule has 1 saturated heterocycles. The van der Waals surface area contributed by atoms with Gasteiger partial charge in [0.05, 0.1) is 24.4 Å². The number of halogens is 1. The Morgan fingerprint density at radius 3 is 2.60 bits per heavy atom. The quantitative estimate of drug-likeness (QED) is 0.926. The van der Waals surface area contributed by atoms with Crippen LogP contribution >= 0.6 is 0 Å². The van der Waals surface area contributed by atoms with Gasteiger partial charge in [0.25, 0.3) is 5.91 Å². The third-order valence-corrected chi connectivity index (χ3v) is 4.12. The van der Waals surface area contributed by atoms with Crippen molar-refractivity contribution >= 4 is 5.91 Å². The van der Waals surface area contributed by atoms with Gasteiger partial charge in [-0.25, -0.2) is 9.37 Å². The fourth-order valence-corrected chi connectivity index (χ4v) is 3.04. The second kappa shape index (κ2) is 7.19. The normalized spacial score (nSPS) is 20.1. The first kappa shape index (κ1) is 17.4. The first-order valence-electron chi connectivity index (χ1n) is 8.31. The van der Waals surface area contributed by atoms with Gasteiger partial charge in [-0.15, -0.1) is 0 Å². The molecule has 0 aliphatic carbocycles. The van der Waals surface area contributed by atoms with Crippen molar-refractivity contribution < 1.29 is 19.0 Å². The lowest BCUT2D eigenvalue weighted by Gasteiger charge is -2.24. The van der Waals surface area contributed by atoms with E-state index in [9.17, 15) is 14.3 Å². The molecule has 1 fully saturated rings. The van der Waals surface area contributed by atoms with E-state index in [1.54, 1.807) is 29.2 Å². The zero-order valence-electron chi connectivity index (χ0n) is 14.2. The average Bonchev–Trinajstić information content (AvgIpc) is 2.97. The molecule has 0 radical (unpaired) electrons. The summed E-state index contributed by atoms with van der Waals surface area (Å²) in [5, 5.41) is 10.0. The van der Waals surface area contributed by atoms with Gasteiger partial charge in [-0.1, -0.05) is 12.1 Å². The van der Waals surface area contributed by atoms with Crippen LogP contribution in [0.1, 0.15) is 42.4 Å². The zero-order valence-corrected chi connectivity index (χ0v) is 14.2. The van der Waals surface area contributed by atoms with Gasteiger partial charge in [0.15, 0.2) is 0 Å². The molecule has 1 amide bonds. The highest BCUT2D eigenvalue weighted by Crippen LogP contribution is 2.33. The van der Waals surface area contributed by atoms with Crippen LogP contribution in [-0.4, -0.2) is 39.7 Å². The highest BCUT2D eigenvalue weighted by Gasteiger charge is 2.36. The molecule has 1 aliphatic heterocycles. The maximum absolute atomic E-state index is 13.1. The Morgan fingerprint density at radius 1 is 1.28 bits per heavy atom. The van der Waals surface area contributed by atoms with Crippen molar-refractivity contribution in [3.8, 4) is 5.75 Å². The zero-order chi connectivity index (χ0) is 18.0. The van der Waals surface area contributed by atoms with Gasteiger partial charge in [0, 0.05) is 6.54 Å². The molecular formula is C19H21FN2O3. The van der Waals surface area contributed by atoms with E-state index in [1.807, 2.05) is 13.8 Å². The summed E-state index contributed by atoms with van der Waals surface area (Å²) >= 11 is 0. The molecule has 0 spiro atoms. The Labute approximate surface area is 146 Å². The summed E-state index contributed by atoms with van der Waals surface area (Å²) in [5.41, 5.74) is 1.09. The first-order chi connectivity index (χ1) is 11.9. The van der Waals surface area contributed by atoms with Crippen LogP contribution in [0, 0.1) is 5.82 Å². The lowest BCUT2D eigenvalue weighted by atomic mass is 10.0. The molecule has 1 aromatic heterocycles. The molecule has 5 nitrogen and oxygen atoms in total. The van der Waals surface area contributed by atoms with Crippen LogP contribution in [0.3, 0.4) is 0 Å². The number of benzene rings is 1. The lowest BCUT2D eigenvalue weighted by Crippen LogP contribution is -2.32. The molecule has 0 saturated carbocycles. The third kappa shape index (κ3) is 3.96. The molecular weight excluding hydrogens is 323 g/mol. The van der Waals surface area contributed by atoms with E-state index in [1.165, 1.54) is 18.3 Å². The van der Waals surface area contributed by atoms with Crippen molar-refractivity contribution in [3.63, 3.8) is 0 Å². The standard InChI is InChI=1S/C19H21FN2O3/c1-12(2)25-16-7-8-17(21-10-16)19(24)22-11-15(23)9-18(22)13-3-5-14(20)6-4-13/h3-8,10,12,15,18,23H,9,11H2,1-2H3/t15-,18+/m0/s1. The summed E-state index contributed by atoms with van der Waals surface area (Å²) in [4.78, 5) is 18.6. The number of β-amino-alcohol motifs (C(OH)–C–C–N with tert-alkyl or cyclic N) is 1. The van der Waals surface area contributed by atoms with Gasteiger partial charge in [-0.3, -0.25) is 4.79 Å². The van der Waals surface area contributed by atoms with Crippen LogP contribution in [0.25, 0.3) is 0 Å². The molecule has 2 aromatic rings. The molecule has 2 atom stereocenters. The number of rotatable bonds is 4. The Hall–Kier alpha value is -2.47. The number of nitrogens with zero attached hydrogens (tertiary/aromatic N) is 2. The number of amides is 1. The van der Waals surface area contributed by atoms with Crippen LogP contribution in [0.4, 0.5) is 4.39 Å². The predicted molar refractivity (Wildman–Crippen MR) is 90.8 cm³/mol. The summed E-state index contributed by atoms with van der Waals surface area (Å²) in [7, 11) is 0. The van der Waals surface area contributed by atoms with Crippen molar-refractivity contribution in [1.29, 1.82) is 0 Å². The molecule has 6 heteroatoms. The molecule has 1 aromatic carbocycles. The van der Waals surface area contributed by atoms with E-state index >= 15 is 0 Å². The van der Waals surface area contributed by atoms with Crippen molar-refractivity contribution in [2.75, 3.05) is 6.54 Å². The topological polar surface area (TPSA) is 62.7 Å². The number of aromatic nitrogens is 1. The van der Waals surface area contributed by atoms with Crippen LogP contribution < -0.4 is 4.74 Å². The maximum Gasteiger partial charge on any atom is 0.273 e. The first-order valence-corrected chi connectivity index (χ1v) is 8.31. The second-order valence-electron chi connectivity index (χ2n) is 6.46. The van der Waals surface area contributed by atoms with E-state index in [0.717, 1.165) is 5.56 Å². The maximum atomic E-state index is 13.1. The van der Waals surface area contributed by atoms with Crippen LogP contribution in [-0.2, 0) is 0 Å². The Bertz CT molecular complexity index is 731. The molecule has 0 unspecified atom stereocenters. The molecule has 1 N–H and O–H groups in total. The molecule has 0 bridgehead atoms. The summed E-state index contributed by atoms with van der Waals surface area (Å²) in [6, 6.07) is 9.04. The predicted octanol–water partition coefficient (Wildman–Crippen LogP) is 2.96. The Balaban J connectivity index is 1.80. The molecule has 132 valence electrons. The Morgan fingerprint density at radius 2 is 2.00 bits per heavy atom. The molecule has 1 aliphatic rings. The number of ether oxygens (including phenoxy) is 1. The highest BCUT2D eigenvalue weighted by molar-refractivity contribution is 5.93. The Kier molecular flexibility index (Phi) is 4.99. The van der Waals surface area contributed by atoms with Crippen molar-refractivity contribution in [1.82, 2.24) is 9.88 Å². The minimum absolute atomic E-state index is 0.0277. The van der Waals surface area contributed by atoms with E-state index in [4.69, 9.17) is 4.74 Å². The number of hydrogen-bond acceptors (Lipinski definition) is 4. The summed E-state index contributed by atoms with van der Waals surface area (Å²) < 4.78 is 18.7. The van der Waals surface area contributed by atoms with Gasteiger partial charge in [0.2, 0.25) is 0 Å². The minimum Gasteiger partial charge on any atom is -0.489 e. The van der Waals surface area contributed by atoms with Crippen LogP contribution in [0.15, 0.2) is 42.6 Å². The molecule has 3 rings (SSSR count). The van der Waals surface area contributed by atoms with Crippen LogP contribution in [0.5, 0.6) is 5.75 Å². The minimum atomic E-state index is -0.609.